The van der Waals surface area contributed by atoms with Gasteiger partial charge in [0.1, 0.15) is 0 Å². The van der Waals surface area contributed by atoms with E-state index in [1.54, 1.807) is 18.2 Å². The summed E-state index contributed by atoms with van der Waals surface area (Å²) in [6.07, 6.45) is 0.662. The predicted octanol–water partition coefficient (Wildman–Crippen LogP) is 1.45. The molecule has 1 rings (SSSR count). The SMILES string of the molecule is COc1cccc(C(=O)NCC(C)CCO)c1OC. The maximum absolute atomic E-state index is 12.1. The summed E-state index contributed by atoms with van der Waals surface area (Å²) < 4.78 is 10.4. The number of carbonyl (C=O) groups excluding carboxylic acids is 1. The van der Waals surface area contributed by atoms with E-state index < -0.39 is 0 Å². The molecule has 0 aliphatic rings. The largest absolute Gasteiger partial charge is 0.493 e. The fourth-order valence-corrected chi connectivity index (χ4v) is 1.75. The molecule has 0 aromatic heterocycles. The predicted molar refractivity (Wildman–Crippen MR) is 72.7 cm³/mol. The maximum Gasteiger partial charge on any atom is 0.255 e. The van der Waals surface area contributed by atoms with Gasteiger partial charge in [0.15, 0.2) is 11.5 Å². The molecule has 106 valence electrons. The Morgan fingerprint density at radius 1 is 1.37 bits per heavy atom. The van der Waals surface area contributed by atoms with Crippen molar-refractivity contribution in [3.8, 4) is 11.5 Å². The number of aliphatic hydroxyl groups is 1. The number of hydrogen-bond acceptors (Lipinski definition) is 4. The van der Waals surface area contributed by atoms with Crippen LogP contribution in [0.2, 0.25) is 0 Å². The first-order valence-electron chi connectivity index (χ1n) is 6.24. The first kappa shape index (κ1) is 15.3. The van der Waals surface area contributed by atoms with Gasteiger partial charge < -0.3 is 19.9 Å². The van der Waals surface area contributed by atoms with E-state index in [9.17, 15) is 4.79 Å². The Balaban J connectivity index is 2.76. The molecule has 0 radical (unpaired) electrons. The number of nitrogens with one attached hydrogen (secondary N) is 1. The number of hydrogen-bond donors (Lipinski definition) is 2. The van der Waals surface area contributed by atoms with E-state index in [0.29, 0.717) is 30.0 Å². The van der Waals surface area contributed by atoms with Crippen LogP contribution >= 0.6 is 0 Å². The van der Waals surface area contributed by atoms with Gasteiger partial charge in [0, 0.05) is 13.2 Å². The fraction of sp³-hybridized carbons (Fsp3) is 0.500. The van der Waals surface area contributed by atoms with Crippen molar-refractivity contribution < 1.29 is 19.4 Å². The molecule has 1 aromatic carbocycles. The van der Waals surface area contributed by atoms with E-state index in [2.05, 4.69) is 5.32 Å². The van der Waals surface area contributed by atoms with Crippen molar-refractivity contribution in [2.75, 3.05) is 27.4 Å². The number of carbonyl (C=O) groups is 1. The number of amides is 1. The molecule has 1 atom stereocenters. The second kappa shape index (κ2) is 7.63. The van der Waals surface area contributed by atoms with E-state index in [1.807, 2.05) is 6.92 Å². The highest BCUT2D eigenvalue weighted by Crippen LogP contribution is 2.30. The zero-order valence-corrected chi connectivity index (χ0v) is 11.6. The van der Waals surface area contributed by atoms with Crippen molar-refractivity contribution in [1.82, 2.24) is 5.32 Å². The Morgan fingerprint density at radius 2 is 2.11 bits per heavy atom. The van der Waals surface area contributed by atoms with Crippen molar-refractivity contribution in [2.45, 2.75) is 13.3 Å². The van der Waals surface area contributed by atoms with Crippen LogP contribution in [0.3, 0.4) is 0 Å². The van der Waals surface area contributed by atoms with Gasteiger partial charge in [-0.15, -0.1) is 0 Å². The van der Waals surface area contributed by atoms with Crippen molar-refractivity contribution >= 4 is 5.91 Å². The zero-order valence-electron chi connectivity index (χ0n) is 11.6. The monoisotopic (exact) mass is 267 g/mol. The van der Waals surface area contributed by atoms with Gasteiger partial charge in [-0.3, -0.25) is 4.79 Å². The van der Waals surface area contributed by atoms with Crippen molar-refractivity contribution in [1.29, 1.82) is 0 Å². The van der Waals surface area contributed by atoms with Crippen LogP contribution in [0.15, 0.2) is 18.2 Å². The molecule has 1 aromatic rings. The molecule has 0 spiro atoms. The molecule has 0 bridgehead atoms. The van der Waals surface area contributed by atoms with E-state index in [4.69, 9.17) is 14.6 Å². The van der Waals surface area contributed by atoms with Crippen LogP contribution in [0, 0.1) is 5.92 Å². The first-order chi connectivity index (χ1) is 9.13. The lowest BCUT2D eigenvalue weighted by Crippen LogP contribution is -2.29. The topological polar surface area (TPSA) is 67.8 Å². The normalized spacial score (nSPS) is 11.8. The summed E-state index contributed by atoms with van der Waals surface area (Å²) in [4.78, 5) is 12.1. The molecule has 19 heavy (non-hydrogen) atoms. The summed E-state index contributed by atoms with van der Waals surface area (Å²) in [6.45, 7) is 2.61. The minimum Gasteiger partial charge on any atom is -0.493 e. The second-order valence-electron chi connectivity index (χ2n) is 4.37. The third-order valence-electron chi connectivity index (χ3n) is 2.88. The molecule has 0 aliphatic heterocycles. The standard InChI is InChI=1S/C14H21NO4/c1-10(7-8-16)9-15-14(17)11-5-4-6-12(18-2)13(11)19-3/h4-6,10,16H,7-9H2,1-3H3,(H,15,17). The highest BCUT2D eigenvalue weighted by molar-refractivity contribution is 5.97. The second-order valence-corrected chi connectivity index (χ2v) is 4.37. The summed E-state index contributed by atoms with van der Waals surface area (Å²) in [5.41, 5.74) is 0.443. The summed E-state index contributed by atoms with van der Waals surface area (Å²) >= 11 is 0. The molecule has 0 fully saturated rings. The van der Waals surface area contributed by atoms with Crippen LogP contribution in [0.5, 0.6) is 11.5 Å². The third-order valence-corrected chi connectivity index (χ3v) is 2.88. The van der Waals surface area contributed by atoms with Crippen LogP contribution in [0.25, 0.3) is 0 Å². The smallest absolute Gasteiger partial charge is 0.255 e. The maximum atomic E-state index is 12.1. The van der Waals surface area contributed by atoms with Gasteiger partial charge in [-0.1, -0.05) is 13.0 Å². The number of benzene rings is 1. The molecule has 1 amide bonds. The molecule has 0 saturated carbocycles. The van der Waals surface area contributed by atoms with Crippen LogP contribution < -0.4 is 14.8 Å². The molecule has 5 nitrogen and oxygen atoms in total. The van der Waals surface area contributed by atoms with Crippen LogP contribution in [0.4, 0.5) is 0 Å². The number of para-hydroxylation sites is 1. The van der Waals surface area contributed by atoms with E-state index in [-0.39, 0.29) is 18.4 Å². The van der Waals surface area contributed by atoms with Crippen LogP contribution in [-0.4, -0.2) is 38.4 Å². The quantitative estimate of drug-likeness (QED) is 0.784. The summed E-state index contributed by atoms with van der Waals surface area (Å²) in [7, 11) is 3.03. The van der Waals surface area contributed by atoms with Gasteiger partial charge in [0.2, 0.25) is 0 Å². The summed E-state index contributed by atoms with van der Waals surface area (Å²) in [5, 5.41) is 11.6. The fourth-order valence-electron chi connectivity index (χ4n) is 1.75. The van der Waals surface area contributed by atoms with Gasteiger partial charge in [0.05, 0.1) is 19.8 Å². The Labute approximate surface area is 113 Å². The summed E-state index contributed by atoms with van der Waals surface area (Å²) in [5.74, 6) is 0.974. The number of methoxy groups -OCH3 is 2. The van der Waals surface area contributed by atoms with Crippen LogP contribution in [0.1, 0.15) is 23.7 Å². The van der Waals surface area contributed by atoms with E-state index in [1.165, 1.54) is 14.2 Å². The molecule has 1 unspecified atom stereocenters. The molecule has 0 saturated heterocycles. The highest BCUT2D eigenvalue weighted by atomic mass is 16.5. The Kier molecular flexibility index (Phi) is 6.15. The van der Waals surface area contributed by atoms with Crippen molar-refractivity contribution in [3.05, 3.63) is 23.8 Å². The Hall–Kier alpha value is -1.75. The highest BCUT2D eigenvalue weighted by Gasteiger charge is 2.16. The molecule has 0 aliphatic carbocycles. The minimum absolute atomic E-state index is 0.125. The number of aliphatic hydroxyl groups excluding tert-OH is 1. The van der Waals surface area contributed by atoms with Crippen molar-refractivity contribution in [3.63, 3.8) is 0 Å². The average Bonchev–Trinajstić information content (AvgIpc) is 2.44. The van der Waals surface area contributed by atoms with Crippen molar-refractivity contribution in [2.24, 2.45) is 5.92 Å². The molecular formula is C14H21NO4. The van der Waals surface area contributed by atoms with E-state index >= 15 is 0 Å². The molecular weight excluding hydrogens is 246 g/mol. The molecule has 5 heteroatoms. The van der Waals surface area contributed by atoms with E-state index in [0.717, 1.165) is 0 Å². The minimum atomic E-state index is -0.208. The lowest BCUT2D eigenvalue weighted by Gasteiger charge is -2.14. The van der Waals surface area contributed by atoms with Gasteiger partial charge in [-0.25, -0.2) is 0 Å². The zero-order chi connectivity index (χ0) is 14.3. The molecule has 0 heterocycles. The Bertz CT molecular complexity index is 420. The lowest BCUT2D eigenvalue weighted by molar-refractivity contribution is 0.0941. The Morgan fingerprint density at radius 3 is 2.68 bits per heavy atom. The van der Waals surface area contributed by atoms with Gasteiger partial charge in [0.25, 0.3) is 5.91 Å². The van der Waals surface area contributed by atoms with Gasteiger partial charge in [-0.05, 0) is 24.5 Å². The third kappa shape index (κ3) is 4.13. The number of ether oxygens (including phenoxy) is 2. The lowest BCUT2D eigenvalue weighted by atomic mass is 10.1. The van der Waals surface area contributed by atoms with Gasteiger partial charge in [-0.2, -0.15) is 0 Å². The average molecular weight is 267 g/mol. The first-order valence-corrected chi connectivity index (χ1v) is 6.24. The molecule has 2 N–H and O–H groups in total. The van der Waals surface area contributed by atoms with Gasteiger partial charge >= 0.3 is 0 Å². The summed E-state index contributed by atoms with van der Waals surface area (Å²) in [6, 6.07) is 5.17. The van der Waals surface area contributed by atoms with Crippen LogP contribution in [-0.2, 0) is 0 Å². The number of rotatable bonds is 7.